The van der Waals surface area contributed by atoms with Crippen molar-refractivity contribution in [2.24, 2.45) is 11.1 Å². The first-order chi connectivity index (χ1) is 9.87. The van der Waals surface area contributed by atoms with Gasteiger partial charge in [0.1, 0.15) is 0 Å². The van der Waals surface area contributed by atoms with Crippen LogP contribution < -0.4 is 11.1 Å². The number of hydrogen-bond donors (Lipinski definition) is 2. The summed E-state index contributed by atoms with van der Waals surface area (Å²) in [7, 11) is 0. The molecular weight excluding hydrogens is 372 g/mol. The van der Waals surface area contributed by atoms with Gasteiger partial charge in [0, 0.05) is 4.47 Å². The Balaban J connectivity index is 3.11. The van der Waals surface area contributed by atoms with Crippen LogP contribution in [0.15, 0.2) is 22.7 Å². The van der Waals surface area contributed by atoms with Crippen LogP contribution in [0.1, 0.15) is 39.5 Å². The number of nitrogens with one attached hydrogen (secondary N) is 1. The molecular formula is C15H20BrClN2OS. The summed E-state index contributed by atoms with van der Waals surface area (Å²) < 4.78 is 0.842. The molecule has 3 N–H and O–H groups in total. The molecule has 0 saturated carbocycles. The maximum absolute atomic E-state index is 12.8. The zero-order valence-electron chi connectivity index (χ0n) is 12.2. The second-order valence-corrected chi connectivity index (χ2v) is 6.79. The molecule has 1 aromatic carbocycles. The molecule has 0 aromatic heterocycles. The Morgan fingerprint density at radius 2 is 1.95 bits per heavy atom. The maximum atomic E-state index is 12.8. The van der Waals surface area contributed by atoms with E-state index in [-0.39, 0.29) is 10.9 Å². The molecule has 1 aromatic rings. The molecule has 0 aliphatic heterocycles. The second kappa shape index (κ2) is 8.11. The van der Waals surface area contributed by atoms with Crippen LogP contribution in [-0.2, 0) is 4.79 Å². The van der Waals surface area contributed by atoms with Crippen LogP contribution in [0, 0.1) is 5.41 Å². The van der Waals surface area contributed by atoms with Crippen molar-refractivity contribution in [2.45, 2.75) is 39.5 Å². The Morgan fingerprint density at radius 1 is 1.38 bits per heavy atom. The molecule has 21 heavy (non-hydrogen) atoms. The number of halogens is 2. The topological polar surface area (TPSA) is 55.1 Å². The number of rotatable bonds is 7. The molecule has 0 radical (unpaired) electrons. The summed E-state index contributed by atoms with van der Waals surface area (Å²) in [6.45, 7) is 4.03. The molecule has 0 unspecified atom stereocenters. The fourth-order valence-corrected chi connectivity index (χ4v) is 3.22. The van der Waals surface area contributed by atoms with Gasteiger partial charge in [-0.25, -0.2) is 0 Å². The predicted molar refractivity (Wildman–Crippen MR) is 96.8 cm³/mol. The Hall–Kier alpha value is -0.650. The molecule has 6 heteroatoms. The third-order valence-electron chi connectivity index (χ3n) is 3.44. The van der Waals surface area contributed by atoms with Crippen molar-refractivity contribution in [2.75, 3.05) is 5.32 Å². The van der Waals surface area contributed by atoms with Crippen molar-refractivity contribution < 1.29 is 4.79 Å². The number of carbonyl (C=O) groups is 1. The normalized spacial score (nSPS) is 11.2. The van der Waals surface area contributed by atoms with Crippen LogP contribution in [0.3, 0.4) is 0 Å². The lowest BCUT2D eigenvalue weighted by Gasteiger charge is -2.31. The summed E-state index contributed by atoms with van der Waals surface area (Å²) in [5, 5.41) is 3.36. The first kappa shape index (κ1) is 18.4. The SMILES string of the molecule is CCCC(CCC)(C(=O)Nc1cc(Br)ccc1Cl)C(N)=S. The number of carbonyl (C=O) groups excluding carboxylic acids is 1. The van der Waals surface area contributed by atoms with Gasteiger partial charge in [-0.15, -0.1) is 0 Å². The van der Waals surface area contributed by atoms with Crippen molar-refractivity contribution in [3.63, 3.8) is 0 Å². The standard InChI is InChI=1S/C15H20BrClN2OS/c1-3-7-15(8-4-2,13(18)21)14(20)19-12-9-10(16)5-6-11(12)17/h5-6,9H,3-4,7-8H2,1-2H3,(H2,18,21)(H,19,20). The molecule has 0 spiro atoms. The minimum atomic E-state index is -0.815. The minimum Gasteiger partial charge on any atom is -0.392 e. The smallest absolute Gasteiger partial charge is 0.237 e. The van der Waals surface area contributed by atoms with Crippen LogP contribution in [0.2, 0.25) is 5.02 Å². The highest BCUT2D eigenvalue weighted by molar-refractivity contribution is 9.10. The van der Waals surface area contributed by atoms with Crippen LogP contribution in [0.4, 0.5) is 5.69 Å². The number of thiocarbonyl (C=S) groups is 1. The van der Waals surface area contributed by atoms with Crippen molar-refractivity contribution in [1.29, 1.82) is 0 Å². The van der Waals surface area contributed by atoms with E-state index in [0.29, 0.717) is 23.6 Å². The fraction of sp³-hybridized carbons (Fsp3) is 0.467. The van der Waals surface area contributed by atoms with E-state index in [1.807, 2.05) is 19.9 Å². The molecule has 1 amide bonds. The monoisotopic (exact) mass is 390 g/mol. The highest BCUT2D eigenvalue weighted by Crippen LogP contribution is 2.34. The number of nitrogens with two attached hydrogens (primary N) is 1. The highest BCUT2D eigenvalue weighted by atomic mass is 79.9. The van der Waals surface area contributed by atoms with E-state index in [9.17, 15) is 4.79 Å². The largest absolute Gasteiger partial charge is 0.392 e. The Kier molecular flexibility index (Phi) is 7.10. The Bertz CT molecular complexity index is 530. The minimum absolute atomic E-state index is 0.182. The van der Waals surface area contributed by atoms with Gasteiger partial charge in [0.15, 0.2) is 0 Å². The van der Waals surface area contributed by atoms with Crippen LogP contribution in [-0.4, -0.2) is 10.9 Å². The lowest BCUT2D eigenvalue weighted by molar-refractivity contribution is -0.122. The van der Waals surface area contributed by atoms with Gasteiger partial charge in [-0.3, -0.25) is 4.79 Å². The van der Waals surface area contributed by atoms with E-state index < -0.39 is 5.41 Å². The number of benzene rings is 1. The highest BCUT2D eigenvalue weighted by Gasteiger charge is 2.40. The maximum Gasteiger partial charge on any atom is 0.237 e. The third-order valence-corrected chi connectivity index (χ3v) is 4.65. The zero-order chi connectivity index (χ0) is 16.0. The predicted octanol–water partition coefficient (Wildman–Crippen LogP) is 4.91. The van der Waals surface area contributed by atoms with Gasteiger partial charge < -0.3 is 11.1 Å². The summed E-state index contributed by atoms with van der Waals surface area (Å²) in [6.07, 6.45) is 2.93. The quantitative estimate of drug-likeness (QED) is 0.649. The average Bonchev–Trinajstić information content (AvgIpc) is 2.42. The molecule has 0 aliphatic carbocycles. The summed E-state index contributed by atoms with van der Waals surface area (Å²) in [4.78, 5) is 13.0. The molecule has 0 heterocycles. The molecule has 1 rings (SSSR count). The van der Waals surface area contributed by atoms with Gasteiger partial charge in [-0.2, -0.15) is 0 Å². The van der Waals surface area contributed by atoms with E-state index in [1.54, 1.807) is 12.1 Å². The Labute approximate surface area is 144 Å². The fourth-order valence-electron chi connectivity index (χ4n) is 2.40. The number of anilines is 1. The zero-order valence-corrected chi connectivity index (χ0v) is 15.4. The molecule has 0 aliphatic rings. The van der Waals surface area contributed by atoms with Crippen molar-refractivity contribution in [3.05, 3.63) is 27.7 Å². The average molecular weight is 392 g/mol. The summed E-state index contributed by atoms with van der Waals surface area (Å²) in [5.74, 6) is -0.182. The molecule has 0 saturated heterocycles. The van der Waals surface area contributed by atoms with Crippen molar-refractivity contribution in [3.8, 4) is 0 Å². The van der Waals surface area contributed by atoms with Crippen molar-refractivity contribution >= 4 is 56.3 Å². The van der Waals surface area contributed by atoms with Gasteiger partial charge in [-0.05, 0) is 31.0 Å². The Morgan fingerprint density at radius 3 is 2.43 bits per heavy atom. The van der Waals surface area contributed by atoms with Gasteiger partial charge in [-0.1, -0.05) is 66.4 Å². The molecule has 0 bridgehead atoms. The summed E-state index contributed by atoms with van der Waals surface area (Å²) >= 11 is 14.7. The van der Waals surface area contributed by atoms with E-state index in [2.05, 4.69) is 21.2 Å². The van der Waals surface area contributed by atoms with Gasteiger partial charge in [0.25, 0.3) is 0 Å². The summed E-state index contributed by atoms with van der Waals surface area (Å²) in [5.41, 5.74) is 5.64. The van der Waals surface area contributed by atoms with E-state index >= 15 is 0 Å². The number of hydrogen-bond acceptors (Lipinski definition) is 2. The van der Waals surface area contributed by atoms with Crippen LogP contribution >= 0.6 is 39.7 Å². The molecule has 3 nitrogen and oxygen atoms in total. The molecule has 0 fully saturated rings. The van der Waals surface area contributed by atoms with Gasteiger partial charge in [0.2, 0.25) is 5.91 Å². The van der Waals surface area contributed by atoms with Gasteiger partial charge >= 0.3 is 0 Å². The summed E-state index contributed by atoms with van der Waals surface area (Å²) in [6, 6.07) is 5.31. The second-order valence-electron chi connectivity index (χ2n) is 5.02. The molecule has 116 valence electrons. The number of amides is 1. The molecule has 0 atom stereocenters. The van der Waals surface area contributed by atoms with E-state index in [0.717, 1.165) is 17.3 Å². The third kappa shape index (κ3) is 4.41. The lowest BCUT2D eigenvalue weighted by atomic mass is 9.78. The van der Waals surface area contributed by atoms with E-state index in [4.69, 9.17) is 29.6 Å². The van der Waals surface area contributed by atoms with Crippen LogP contribution in [0.5, 0.6) is 0 Å². The first-order valence-corrected chi connectivity index (χ1v) is 8.51. The lowest BCUT2D eigenvalue weighted by Crippen LogP contribution is -2.46. The van der Waals surface area contributed by atoms with Crippen LogP contribution in [0.25, 0.3) is 0 Å². The first-order valence-electron chi connectivity index (χ1n) is 6.93. The van der Waals surface area contributed by atoms with Gasteiger partial charge in [0.05, 0.1) is 21.1 Å². The van der Waals surface area contributed by atoms with E-state index in [1.165, 1.54) is 0 Å². The van der Waals surface area contributed by atoms with Crippen molar-refractivity contribution in [1.82, 2.24) is 0 Å².